The zero-order chi connectivity index (χ0) is 22.5. The van der Waals surface area contributed by atoms with E-state index in [9.17, 15) is 23.9 Å². The van der Waals surface area contributed by atoms with Crippen molar-refractivity contribution in [1.82, 2.24) is 9.88 Å². The smallest absolute Gasteiger partial charge is 0.341 e. The first-order valence-corrected chi connectivity index (χ1v) is 9.39. The van der Waals surface area contributed by atoms with Crippen LogP contribution in [0.4, 0.5) is 10.1 Å². The van der Waals surface area contributed by atoms with Gasteiger partial charge in [-0.05, 0) is 38.2 Å². The number of nitrogens with zero attached hydrogens (tertiary/aromatic N) is 1. The summed E-state index contributed by atoms with van der Waals surface area (Å²) in [5.41, 5.74) is -1.33. The van der Waals surface area contributed by atoms with Crippen LogP contribution in [0.3, 0.4) is 0 Å². The molecule has 3 rings (SSSR count). The van der Waals surface area contributed by atoms with Crippen LogP contribution in [0.2, 0.25) is 0 Å². The molecule has 0 fully saturated rings. The Balaban J connectivity index is 0.000000735. The molecule has 3 N–H and O–H groups in total. The van der Waals surface area contributed by atoms with Crippen molar-refractivity contribution in [1.29, 1.82) is 0 Å². The summed E-state index contributed by atoms with van der Waals surface area (Å²) in [4.78, 5) is 36.4. The van der Waals surface area contributed by atoms with Gasteiger partial charge >= 0.3 is 5.97 Å². The van der Waals surface area contributed by atoms with E-state index in [1.54, 1.807) is 0 Å². The van der Waals surface area contributed by atoms with Gasteiger partial charge in [-0.3, -0.25) is 4.79 Å². The first kappa shape index (κ1) is 23.2. The van der Waals surface area contributed by atoms with E-state index in [4.69, 9.17) is 4.74 Å². The molecule has 2 heterocycles. The van der Waals surface area contributed by atoms with Crippen LogP contribution in [-0.4, -0.2) is 48.2 Å². The van der Waals surface area contributed by atoms with Crippen LogP contribution in [0.1, 0.15) is 41.4 Å². The molecule has 0 aliphatic carbocycles. The Morgan fingerprint density at radius 1 is 1.40 bits per heavy atom. The van der Waals surface area contributed by atoms with Gasteiger partial charge in [-0.1, -0.05) is 19.1 Å². The molecule has 1 aliphatic heterocycles. The largest absolute Gasteiger partial charge is 0.465 e. The summed E-state index contributed by atoms with van der Waals surface area (Å²) in [7, 11) is 3.12. The minimum Gasteiger partial charge on any atom is -0.465 e. The fraction of sp³-hybridized carbons (Fsp3) is 0.381. The lowest BCUT2D eigenvalue weighted by Crippen LogP contribution is -2.38. The van der Waals surface area contributed by atoms with Crippen molar-refractivity contribution in [3.8, 4) is 0 Å². The molecule has 0 bridgehead atoms. The highest BCUT2D eigenvalue weighted by Crippen LogP contribution is 2.40. The summed E-state index contributed by atoms with van der Waals surface area (Å²) in [6.07, 6.45) is 0.362. The van der Waals surface area contributed by atoms with Crippen molar-refractivity contribution in [2.75, 3.05) is 26.0 Å². The molecule has 1 aromatic heterocycles. The Hall–Kier alpha value is -3.04. The van der Waals surface area contributed by atoms with E-state index in [0.29, 0.717) is 11.8 Å². The number of hydrogen-bond acceptors (Lipinski definition) is 7. The maximum atomic E-state index is 13.1. The Morgan fingerprint density at radius 2 is 2.00 bits per heavy atom. The van der Waals surface area contributed by atoms with Crippen molar-refractivity contribution in [3.05, 3.63) is 63.3 Å². The molecule has 162 valence electrons. The molecule has 2 atom stereocenters. The van der Waals surface area contributed by atoms with Crippen LogP contribution in [0, 0.1) is 5.82 Å². The summed E-state index contributed by atoms with van der Waals surface area (Å²) >= 11 is 0. The molecule has 0 radical (unpaired) electrons. The number of aliphatic hydroxyl groups excluding tert-OH is 1. The minimum atomic E-state index is -1.43. The van der Waals surface area contributed by atoms with E-state index in [1.807, 2.05) is 7.05 Å². The number of anilines is 1. The molecule has 9 heteroatoms. The molecule has 30 heavy (non-hydrogen) atoms. The number of carbonyl (C=O) groups is 2. The highest BCUT2D eigenvalue weighted by Gasteiger charge is 2.45. The number of pyridine rings is 1. The fourth-order valence-corrected chi connectivity index (χ4v) is 2.97. The number of aldehydes is 1. The molecule has 0 saturated carbocycles. The predicted molar refractivity (Wildman–Crippen MR) is 110 cm³/mol. The van der Waals surface area contributed by atoms with E-state index in [-0.39, 0.29) is 23.4 Å². The lowest BCUT2D eigenvalue weighted by atomic mass is 9.96. The highest BCUT2D eigenvalue weighted by molar-refractivity contribution is 5.98. The van der Waals surface area contributed by atoms with Crippen LogP contribution < -0.4 is 16.2 Å². The van der Waals surface area contributed by atoms with Gasteiger partial charge < -0.3 is 29.8 Å². The van der Waals surface area contributed by atoms with Crippen molar-refractivity contribution < 1.29 is 23.8 Å². The predicted octanol–water partition coefficient (Wildman–Crippen LogP) is 1.46. The van der Waals surface area contributed by atoms with E-state index < -0.39 is 29.0 Å². The van der Waals surface area contributed by atoms with Crippen LogP contribution in [0.25, 0.3) is 0 Å². The van der Waals surface area contributed by atoms with Gasteiger partial charge in [-0.15, -0.1) is 0 Å². The number of hydrogen-bond donors (Lipinski definition) is 3. The summed E-state index contributed by atoms with van der Waals surface area (Å²) in [6.45, 7) is 4.62. The Bertz CT molecular complexity index is 972. The maximum Gasteiger partial charge on any atom is 0.341 e. The number of rotatable bonds is 5. The number of methoxy groups -OCH3 is 1. The number of aliphatic hydroxyl groups is 1. The van der Waals surface area contributed by atoms with Crippen LogP contribution >= 0.6 is 0 Å². The Kier molecular flexibility index (Phi) is 7.47. The van der Waals surface area contributed by atoms with Crippen LogP contribution in [-0.2, 0) is 16.1 Å². The molecule has 0 amide bonds. The van der Waals surface area contributed by atoms with Gasteiger partial charge in [-0.2, -0.15) is 0 Å². The third-order valence-corrected chi connectivity index (χ3v) is 4.82. The first-order chi connectivity index (χ1) is 14.2. The van der Waals surface area contributed by atoms with Crippen LogP contribution in [0.15, 0.2) is 35.3 Å². The number of fused-ring (bicyclic) bond motifs is 1. The third-order valence-electron chi connectivity index (χ3n) is 4.82. The summed E-state index contributed by atoms with van der Waals surface area (Å²) in [5.74, 6) is -1.13. The number of benzene rings is 1. The lowest BCUT2D eigenvalue weighted by molar-refractivity contribution is -0.114. The molecule has 2 aromatic rings. The fourth-order valence-electron chi connectivity index (χ4n) is 2.97. The SMILES string of the molecule is CCNC.COC(=O)c1cn(Cc2ccc(F)cc2)c(=O)c2c1NC(C)(C=O)C2O. The Morgan fingerprint density at radius 3 is 2.50 bits per heavy atom. The van der Waals surface area contributed by atoms with Crippen molar-refractivity contribution in [3.63, 3.8) is 0 Å². The lowest BCUT2D eigenvalue weighted by Gasteiger charge is -2.21. The quantitative estimate of drug-likeness (QED) is 0.497. The molecule has 8 nitrogen and oxygen atoms in total. The summed E-state index contributed by atoms with van der Waals surface area (Å²) in [6, 6.07) is 5.54. The first-order valence-electron chi connectivity index (χ1n) is 9.39. The summed E-state index contributed by atoms with van der Waals surface area (Å²) in [5, 5.41) is 16.2. The van der Waals surface area contributed by atoms with Gasteiger partial charge in [0.05, 0.1) is 30.5 Å². The summed E-state index contributed by atoms with van der Waals surface area (Å²) < 4.78 is 19.0. The molecule has 2 unspecified atom stereocenters. The van der Waals surface area contributed by atoms with Crippen molar-refractivity contribution in [2.24, 2.45) is 0 Å². The minimum absolute atomic E-state index is 0.0221. The van der Waals surface area contributed by atoms with Crippen LogP contribution in [0.5, 0.6) is 0 Å². The topological polar surface area (TPSA) is 110 Å². The molecule has 0 saturated heterocycles. The standard InChI is InChI=1S/C18H17FN2O5.C3H9N/c1-18(9-22)15(23)13-14(20-18)12(17(25)26-2)8-21(16(13)24)7-10-3-5-11(19)6-4-10;1-3-4-2/h3-6,8-9,15,20,23H,7H2,1-2H3;4H,3H2,1-2H3. The van der Waals surface area contributed by atoms with Gasteiger partial charge in [0.15, 0.2) is 0 Å². The van der Waals surface area contributed by atoms with Gasteiger partial charge in [-0.25, -0.2) is 9.18 Å². The number of ether oxygens (including phenoxy) is 1. The van der Waals surface area contributed by atoms with Gasteiger partial charge in [0.1, 0.15) is 23.7 Å². The molecular weight excluding hydrogens is 393 g/mol. The van der Waals surface area contributed by atoms with Gasteiger partial charge in [0.25, 0.3) is 5.56 Å². The number of carbonyl (C=O) groups excluding carboxylic acids is 2. The average Bonchev–Trinajstić information content (AvgIpc) is 3.03. The number of nitrogens with one attached hydrogen (secondary N) is 2. The second-order valence-electron chi connectivity index (χ2n) is 7.02. The van der Waals surface area contributed by atoms with Crippen molar-refractivity contribution in [2.45, 2.75) is 32.0 Å². The zero-order valence-corrected chi connectivity index (χ0v) is 17.4. The molecule has 1 aromatic carbocycles. The van der Waals surface area contributed by atoms with Crippen molar-refractivity contribution >= 4 is 17.9 Å². The Labute approximate surface area is 173 Å². The molecular formula is C21H26FN3O5. The average molecular weight is 419 g/mol. The second-order valence-corrected chi connectivity index (χ2v) is 7.02. The highest BCUT2D eigenvalue weighted by atomic mass is 19.1. The van der Waals surface area contributed by atoms with E-state index in [1.165, 1.54) is 49.1 Å². The second kappa shape index (κ2) is 9.64. The van der Waals surface area contributed by atoms with Gasteiger partial charge in [0.2, 0.25) is 0 Å². The molecule has 0 spiro atoms. The van der Waals surface area contributed by atoms with E-state index in [2.05, 4.69) is 17.6 Å². The third kappa shape index (κ3) is 4.58. The zero-order valence-electron chi connectivity index (χ0n) is 17.4. The van der Waals surface area contributed by atoms with E-state index >= 15 is 0 Å². The number of aromatic nitrogens is 1. The monoisotopic (exact) mass is 419 g/mol. The van der Waals surface area contributed by atoms with Gasteiger partial charge in [0, 0.05) is 6.20 Å². The maximum absolute atomic E-state index is 13.1. The normalized spacial score (nSPS) is 19.2. The van der Waals surface area contributed by atoms with E-state index in [0.717, 1.165) is 6.54 Å². The number of esters is 1. The number of halogens is 1. The molecule has 1 aliphatic rings.